The molecule has 4 aromatic rings. The number of rotatable bonds is 3. The Morgan fingerprint density at radius 2 is 2.04 bits per heavy atom. The normalized spacial score (nSPS) is 11.3. The van der Waals surface area contributed by atoms with Gasteiger partial charge in [0.05, 0.1) is 12.6 Å². The van der Waals surface area contributed by atoms with Crippen molar-refractivity contribution >= 4 is 28.3 Å². The largest absolute Gasteiger partial charge is 0.496 e. The van der Waals surface area contributed by atoms with E-state index < -0.39 is 0 Å². The minimum Gasteiger partial charge on any atom is -0.496 e. The number of hydrogen-bond acceptors (Lipinski definition) is 5. The molecule has 1 N–H and O–H groups in total. The average Bonchev–Trinajstić information content (AvgIpc) is 3.00. The fraction of sp³-hybridized carbons (Fsp3) is 0.167. The summed E-state index contributed by atoms with van der Waals surface area (Å²) in [7, 11) is 1.54. The number of aryl methyl sites for hydroxylation is 2. The molecule has 25 heavy (non-hydrogen) atoms. The van der Waals surface area contributed by atoms with Crippen LogP contribution in [0.1, 0.15) is 11.1 Å². The summed E-state index contributed by atoms with van der Waals surface area (Å²) in [6.45, 7) is 4.12. The molecule has 7 heteroatoms. The first kappa shape index (κ1) is 15.7. The Balaban J connectivity index is 1.91. The van der Waals surface area contributed by atoms with Crippen LogP contribution >= 0.6 is 11.8 Å². The Morgan fingerprint density at radius 1 is 1.20 bits per heavy atom. The summed E-state index contributed by atoms with van der Waals surface area (Å²) in [4.78, 5) is 17.8. The van der Waals surface area contributed by atoms with Gasteiger partial charge in [0.25, 0.3) is 5.56 Å². The maximum absolute atomic E-state index is 12.5. The van der Waals surface area contributed by atoms with Crippen molar-refractivity contribution in [2.24, 2.45) is 0 Å². The van der Waals surface area contributed by atoms with E-state index in [1.165, 1.54) is 24.4 Å². The highest BCUT2D eigenvalue weighted by Crippen LogP contribution is 2.32. The lowest BCUT2D eigenvalue weighted by molar-refractivity contribution is 0.419. The van der Waals surface area contributed by atoms with E-state index in [0.717, 1.165) is 10.5 Å². The molecular formula is C18H16N4O2S. The van der Waals surface area contributed by atoms with Gasteiger partial charge in [0.1, 0.15) is 11.1 Å². The smallest absolute Gasteiger partial charge is 0.285 e. The van der Waals surface area contributed by atoms with Gasteiger partial charge in [-0.15, -0.1) is 5.10 Å². The van der Waals surface area contributed by atoms with Crippen LogP contribution in [0, 0.1) is 13.8 Å². The van der Waals surface area contributed by atoms with Crippen molar-refractivity contribution in [2.45, 2.75) is 23.8 Å². The van der Waals surface area contributed by atoms with E-state index in [2.05, 4.69) is 47.3 Å². The molecular weight excluding hydrogens is 336 g/mol. The number of methoxy groups -OCH3 is 1. The predicted octanol–water partition coefficient (Wildman–Crippen LogP) is 3.35. The van der Waals surface area contributed by atoms with Gasteiger partial charge in [-0.05, 0) is 37.6 Å². The van der Waals surface area contributed by atoms with E-state index in [4.69, 9.17) is 4.74 Å². The first-order valence-corrected chi connectivity index (χ1v) is 8.59. The number of hydrogen-bond donors (Lipinski definition) is 1. The summed E-state index contributed by atoms with van der Waals surface area (Å²) in [5, 5.41) is 8.41. The zero-order chi connectivity index (χ0) is 17.6. The van der Waals surface area contributed by atoms with Gasteiger partial charge in [-0.1, -0.05) is 35.5 Å². The Hall–Kier alpha value is -2.80. The van der Waals surface area contributed by atoms with Crippen molar-refractivity contribution in [1.82, 2.24) is 19.8 Å². The van der Waals surface area contributed by atoms with Gasteiger partial charge in [0.15, 0.2) is 10.7 Å². The second-order valence-electron chi connectivity index (χ2n) is 5.82. The van der Waals surface area contributed by atoms with Crippen LogP contribution in [0.25, 0.3) is 16.6 Å². The van der Waals surface area contributed by atoms with Gasteiger partial charge in [-0.3, -0.25) is 4.79 Å². The highest BCUT2D eigenvalue weighted by Gasteiger charge is 2.16. The van der Waals surface area contributed by atoms with Crippen molar-refractivity contribution in [3.63, 3.8) is 0 Å². The third-order valence-corrected chi connectivity index (χ3v) is 5.22. The fourth-order valence-corrected chi connectivity index (χ4v) is 3.76. The maximum Gasteiger partial charge on any atom is 0.285 e. The minimum atomic E-state index is -0.323. The molecule has 126 valence electrons. The topological polar surface area (TPSA) is 72.3 Å². The van der Waals surface area contributed by atoms with Crippen LogP contribution in [-0.4, -0.2) is 26.9 Å². The molecule has 0 bridgehead atoms. The molecule has 0 atom stereocenters. The number of aromatic nitrogens is 4. The van der Waals surface area contributed by atoms with Gasteiger partial charge < -0.3 is 4.74 Å². The van der Waals surface area contributed by atoms with Gasteiger partial charge in [0.2, 0.25) is 0 Å². The van der Waals surface area contributed by atoms with Gasteiger partial charge in [0, 0.05) is 4.90 Å². The average molecular weight is 352 g/mol. The number of fused-ring (bicyclic) bond motifs is 3. The second kappa shape index (κ2) is 5.93. The highest BCUT2D eigenvalue weighted by molar-refractivity contribution is 7.99. The van der Waals surface area contributed by atoms with Crippen molar-refractivity contribution in [3.8, 4) is 5.75 Å². The predicted molar refractivity (Wildman–Crippen MR) is 97.7 cm³/mol. The second-order valence-corrected chi connectivity index (χ2v) is 6.85. The summed E-state index contributed by atoms with van der Waals surface area (Å²) >= 11 is 1.49. The van der Waals surface area contributed by atoms with E-state index in [0.29, 0.717) is 27.3 Å². The molecule has 2 heterocycles. The molecule has 2 aromatic carbocycles. The fourth-order valence-electron chi connectivity index (χ4n) is 2.88. The summed E-state index contributed by atoms with van der Waals surface area (Å²) in [5.74, 6) is 0.502. The third-order valence-electron chi connectivity index (χ3n) is 4.08. The number of H-pyrrole nitrogens is 1. The summed E-state index contributed by atoms with van der Waals surface area (Å²) < 4.78 is 7.01. The molecule has 0 aliphatic carbocycles. The van der Waals surface area contributed by atoms with Crippen LogP contribution < -0.4 is 10.3 Å². The maximum atomic E-state index is 12.5. The van der Waals surface area contributed by atoms with E-state index >= 15 is 0 Å². The number of nitrogens with zero attached hydrogens (tertiary/aromatic N) is 3. The molecule has 6 nitrogen and oxygen atoms in total. The van der Waals surface area contributed by atoms with Gasteiger partial charge in [-0.2, -0.15) is 4.98 Å². The van der Waals surface area contributed by atoms with Crippen molar-refractivity contribution in [2.75, 3.05) is 7.11 Å². The van der Waals surface area contributed by atoms with Crippen LogP contribution in [-0.2, 0) is 0 Å². The van der Waals surface area contributed by atoms with Crippen LogP contribution in [0.5, 0.6) is 5.75 Å². The Bertz CT molecular complexity index is 1160. The molecule has 0 aliphatic heterocycles. The van der Waals surface area contributed by atoms with E-state index in [9.17, 15) is 4.79 Å². The molecule has 0 radical (unpaired) electrons. The van der Waals surface area contributed by atoms with Crippen molar-refractivity contribution in [3.05, 3.63) is 57.9 Å². The van der Waals surface area contributed by atoms with E-state index in [1.807, 2.05) is 12.1 Å². The monoisotopic (exact) mass is 352 g/mol. The molecule has 0 amide bonds. The van der Waals surface area contributed by atoms with E-state index in [-0.39, 0.29) is 5.56 Å². The minimum absolute atomic E-state index is 0.323. The lowest BCUT2D eigenvalue weighted by Crippen LogP contribution is -2.11. The van der Waals surface area contributed by atoms with Crippen LogP contribution in [0.15, 0.2) is 51.1 Å². The van der Waals surface area contributed by atoms with Crippen LogP contribution in [0.2, 0.25) is 0 Å². The number of aromatic amines is 1. The van der Waals surface area contributed by atoms with Gasteiger partial charge >= 0.3 is 0 Å². The highest BCUT2D eigenvalue weighted by atomic mass is 32.2. The summed E-state index contributed by atoms with van der Waals surface area (Å²) in [6, 6.07) is 11.7. The quantitative estimate of drug-likeness (QED) is 0.612. The Labute approximate surface area is 147 Å². The van der Waals surface area contributed by atoms with Crippen LogP contribution in [0.4, 0.5) is 0 Å². The number of ether oxygens (including phenoxy) is 1. The van der Waals surface area contributed by atoms with Gasteiger partial charge in [-0.25, -0.2) is 9.73 Å². The van der Waals surface area contributed by atoms with Crippen molar-refractivity contribution < 1.29 is 4.74 Å². The number of nitrogens with one attached hydrogen (secondary N) is 1. The zero-order valence-corrected chi connectivity index (χ0v) is 14.8. The molecule has 0 saturated heterocycles. The molecule has 4 rings (SSSR count). The van der Waals surface area contributed by atoms with E-state index in [1.54, 1.807) is 10.6 Å². The number of benzene rings is 2. The standard InChI is InChI=1S/C18H16N4O2S/c1-10-7-8-14(11(2)9-10)25-18-16-19-17(23)15-12(22(16)21-20-18)5-4-6-13(15)24-3/h4-9,21H,1-3H3. The molecule has 0 fully saturated rings. The molecule has 2 aromatic heterocycles. The molecule has 0 aliphatic rings. The SMILES string of the molecule is COc1cccc2c1c(=O)nc1c(Sc3ccc(C)cc3C)n[nH]n12. The third kappa shape index (κ3) is 2.56. The Kier molecular flexibility index (Phi) is 3.73. The molecule has 0 spiro atoms. The summed E-state index contributed by atoms with van der Waals surface area (Å²) in [6.07, 6.45) is 0. The first-order chi connectivity index (χ1) is 12.1. The molecule has 0 unspecified atom stereocenters. The Morgan fingerprint density at radius 3 is 2.80 bits per heavy atom. The summed E-state index contributed by atoms with van der Waals surface area (Å²) in [5.41, 5.74) is 3.25. The zero-order valence-electron chi connectivity index (χ0n) is 14.0. The lowest BCUT2D eigenvalue weighted by atomic mass is 10.2. The molecule has 0 saturated carbocycles. The lowest BCUT2D eigenvalue weighted by Gasteiger charge is -2.06. The van der Waals surface area contributed by atoms with Crippen LogP contribution in [0.3, 0.4) is 0 Å². The first-order valence-electron chi connectivity index (χ1n) is 7.77. The van der Waals surface area contributed by atoms with Crippen molar-refractivity contribution in [1.29, 1.82) is 0 Å².